The maximum atomic E-state index is 2.69. The van der Waals surface area contributed by atoms with Crippen LogP contribution in [0.2, 0.25) is 13.1 Å². The molecule has 3 rings (SSSR count). The molecule has 0 fully saturated rings. The first kappa shape index (κ1) is 24.0. The van der Waals surface area contributed by atoms with Crippen molar-refractivity contribution in [1.29, 1.82) is 0 Å². The predicted octanol–water partition coefficient (Wildman–Crippen LogP) is 7.70. The fourth-order valence-corrected chi connectivity index (χ4v) is 9.56. The Bertz CT molecular complexity index is 891. The number of benzene rings is 2. The molecule has 3 heteroatoms. The van der Waals surface area contributed by atoms with Crippen LogP contribution in [0.5, 0.6) is 0 Å². The molecule has 2 aromatic rings. The molecular weight excluding hydrogens is 414 g/mol. The van der Waals surface area contributed by atoms with Crippen molar-refractivity contribution in [1.82, 2.24) is 3.05 Å². The molecule has 0 amide bonds. The van der Waals surface area contributed by atoms with Crippen LogP contribution >= 0.6 is 0 Å². The van der Waals surface area contributed by atoms with Crippen LogP contribution in [0.3, 0.4) is 0 Å². The van der Waals surface area contributed by atoms with Gasteiger partial charge >= 0.3 is 199 Å². The number of hydrogen-bond acceptors (Lipinski definition) is 1. The molecule has 1 aliphatic carbocycles. The minimum atomic E-state index is -1.80. The van der Waals surface area contributed by atoms with E-state index in [9.17, 15) is 0 Å². The second-order valence-electron chi connectivity index (χ2n) is 12.7. The SMILES string of the molecule is CC(C)(C)c1ccc2c(c1)-c1cc(C(C)(C)C)ccc1C2[Si](C)(C)[N]([Ti])C(C)(C)C. The van der Waals surface area contributed by atoms with E-state index in [4.69, 9.17) is 0 Å². The van der Waals surface area contributed by atoms with Gasteiger partial charge in [0.05, 0.1) is 0 Å². The molecule has 0 atom stereocenters. The summed E-state index contributed by atoms with van der Waals surface area (Å²) in [5.41, 5.74) is 9.84. The van der Waals surface area contributed by atoms with E-state index in [-0.39, 0.29) is 16.4 Å². The molecule has 0 radical (unpaired) electrons. The van der Waals surface area contributed by atoms with Gasteiger partial charge in [-0.25, -0.2) is 0 Å². The molecule has 1 nitrogen and oxygen atoms in total. The molecule has 0 bridgehead atoms. The Balaban J connectivity index is 2.29. The van der Waals surface area contributed by atoms with E-state index in [0.29, 0.717) is 5.54 Å². The molecule has 0 N–H and O–H groups in total. The molecular formula is C27H40NSiTi. The quantitative estimate of drug-likeness (QED) is 0.420. The van der Waals surface area contributed by atoms with Crippen LogP contribution in [0.4, 0.5) is 0 Å². The molecule has 0 saturated carbocycles. The standard InChI is InChI=1S/C27H40NSi.Ti/c1-25(2,3)18-12-14-20-22(16-18)23-17-19(26(4,5)6)13-15-21(23)24(20)29(10,11)28-27(7,8)9;/h12-17,24H,1-11H3;/q-1;+1. The monoisotopic (exact) mass is 454 g/mol. The topological polar surface area (TPSA) is 3.24 Å². The summed E-state index contributed by atoms with van der Waals surface area (Å²) in [4.78, 5) is 0. The van der Waals surface area contributed by atoms with Crippen molar-refractivity contribution >= 4 is 8.24 Å². The van der Waals surface area contributed by atoms with Gasteiger partial charge in [-0.05, 0) is 0 Å². The van der Waals surface area contributed by atoms with Gasteiger partial charge in [0.2, 0.25) is 0 Å². The average Bonchev–Trinajstić information content (AvgIpc) is 2.92. The third-order valence-electron chi connectivity index (χ3n) is 6.70. The molecule has 0 spiro atoms. The van der Waals surface area contributed by atoms with E-state index in [0.717, 1.165) is 0 Å². The summed E-state index contributed by atoms with van der Waals surface area (Å²) in [7, 11) is -1.80. The van der Waals surface area contributed by atoms with Crippen molar-refractivity contribution < 1.29 is 20.7 Å². The summed E-state index contributed by atoms with van der Waals surface area (Å²) in [5.74, 6) is 0. The van der Waals surface area contributed by atoms with E-state index in [1.165, 1.54) is 33.4 Å². The normalized spacial score (nSPS) is 15.4. The summed E-state index contributed by atoms with van der Waals surface area (Å²) in [5, 5.41) is 0. The van der Waals surface area contributed by atoms with Crippen LogP contribution in [0.25, 0.3) is 11.1 Å². The molecule has 2 aromatic carbocycles. The van der Waals surface area contributed by atoms with Crippen molar-refractivity contribution in [3.05, 3.63) is 58.7 Å². The number of nitrogens with zero attached hydrogens (tertiary/aromatic N) is 1. The summed E-state index contributed by atoms with van der Waals surface area (Å²) in [6.07, 6.45) is 0. The van der Waals surface area contributed by atoms with Crippen LogP contribution in [0.1, 0.15) is 90.1 Å². The second kappa shape index (κ2) is 7.44. The molecule has 30 heavy (non-hydrogen) atoms. The van der Waals surface area contributed by atoms with Crippen molar-refractivity contribution in [3.8, 4) is 11.1 Å². The van der Waals surface area contributed by atoms with Gasteiger partial charge in [0, 0.05) is 0 Å². The Morgan fingerprint density at radius 2 is 1.07 bits per heavy atom. The number of fused-ring (bicyclic) bond motifs is 3. The Labute approximate surface area is 198 Å². The second-order valence-corrected chi connectivity index (χ2v) is 18.4. The van der Waals surface area contributed by atoms with E-state index < -0.39 is 8.24 Å². The Kier molecular flexibility index (Phi) is 5.95. The van der Waals surface area contributed by atoms with Gasteiger partial charge in [-0.15, -0.1) is 0 Å². The summed E-state index contributed by atoms with van der Waals surface area (Å²) >= 11 is 2.34. The third-order valence-corrected chi connectivity index (χ3v) is 14.3. The van der Waals surface area contributed by atoms with E-state index >= 15 is 0 Å². The van der Waals surface area contributed by atoms with E-state index in [1.54, 1.807) is 0 Å². The molecule has 1 aliphatic rings. The van der Waals surface area contributed by atoms with Crippen LogP contribution in [0, 0.1) is 0 Å². The summed E-state index contributed by atoms with van der Waals surface area (Å²) < 4.78 is 2.69. The first-order valence-electron chi connectivity index (χ1n) is 11.3. The average molecular weight is 455 g/mol. The molecule has 0 unspecified atom stereocenters. The molecule has 0 aliphatic heterocycles. The zero-order chi connectivity index (χ0) is 22.9. The molecule has 0 saturated heterocycles. The van der Waals surface area contributed by atoms with Gasteiger partial charge in [-0.2, -0.15) is 0 Å². The third kappa shape index (κ3) is 4.18. The van der Waals surface area contributed by atoms with Gasteiger partial charge in [0.1, 0.15) is 0 Å². The fourth-order valence-electron chi connectivity index (χ4n) is 4.94. The Morgan fingerprint density at radius 1 is 0.700 bits per heavy atom. The molecule has 161 valence electrons. The van der Waals surface area contributed by atoms with Gasteiger partial charge in [0.15, 0.2) is 0 Å². The predicted molar refractivity (Wildman–Crippen MR) is 130 cm³/mol. The van der Waals surface area contributed by atoms with Crippen molar-refractivity contribution in [2.75, 3.05) is 0 Å². The zero-order valence-corrected chi connectivity index (χ0v) is 23.6. The first-order valence-corrected chi connectivity index (χ1v) is 15.0. The summed E-state index contributed by atoms with van der Waals surface area (Å²) in [6.45, 7) is 26.1. The molecule has 0 heterocycles. The molecule has 0 aromatic heterocycles. The van der Waals surface area contributed by atoms with E-state index in [1.807, 2.05) is 0 Å². The van der Waals surface area contributed by atoms with Crippen molar-refractivity contribution in [3.63, 3.8) is 0 Å². The minimum absolute atomic E-state index is 0.157. The van der Waals surface area contributed by atoms with Crippen LogP contribution in [-0.2, 0) is 31.5 Å². The first-order chi connectivity index (χ1) is 13.5. The van der Waals surface area contributed by atoms with Crippen molar-refractivity contribution in [2.45, 2.75) is 97.3 Å². The number of rotatable bonds is 2. The Hall–Kier alpha value is -0.669. The fraction of sp³-hybridized carbons (Fsp3) is 0.556. The maximum absolute atomic E-state index is 2.69. The van der Waals surface area contributed by atoms with Crippen LogP contribution in [-0.4, -0.2) is 16.8 Å². The van der Waals surface area contributed by atoms with Gasteiger partial charge in [0.25, 0.3) is 0 Å². The van der Waals surface area contributed by atoms with Gasteiger partial charge < -0.3 is 0 Å². The van der Waals surface area contributed by atoms with Crippen LogP contribution in [0.15, 0.2) is 36.4 Å². The Morgan fingerprint density at radius 3 is 1.37 bits per heavy atom. The van der Waals surface area contributed by atoms with Crippen LogP contribution < -0.4 is 0 Å². The number of hydrogen-bond donors (Lipinski definition) is 0. The zero-order valence-electron chi connectivity index (χ0n) is 21.0. The van der Waals surface area contributed by atoms with E-state index in [2.05, 4.69) is 136 Å². The van der Waals surface area contributed by atoms with Crippen molar-refractivity contribution in [2.24, 2.45) is 0 Å². The van der Waals surface area contributed by atoms with Gasteiger partial charge in [-0.3, -0.25) is 0 Å². The van der Waals surface area contributed by atoms with Gasteiger partial charge in [-0.1, -0.05) is 0 Å². The summed E-state index contributed by atoms with van der Waals surface area (Å²) in [6, 6.07) is 14.6.